The van der Waals surface area contributed by atoms with Crippen LogP contribution in [0.5, 0.6) is 0 Å². The van der Waals surface area contributed by atoms with Crippen molar-refractivity contribution in [1.82, 2.24) is 15.3 Å². The van der Waals surface area contributed by atoms with E-state index in [2.05, 4.69) is 29.3 Å². The van der Waals surface area contributed by atoms with Crippen LogP contribution in [-0.2, 0) is 0 Å². The Hall–Kier alpha value is -0.120. The standard InChI is InChI=1S/C11H23N3/c1-10(9-11-3-4-11)12-14-7-5-13(2)6-8-14/h10-12H,3-9H2,1-2H3. The van der Waals surface area contributed by atoms with E-state index in [0.717, 1.165) is 5.92 Å². The Morgan fingerprint density at radius 3 is 2.43 bits per heavy atom. The van der Waals surface area contributed by atoms with Crippen LogP contribution in [0.4, 0.5) is 0 Å². The first-order chi connectivity index (χ1) is 6.74. The topological polar surface area (TPSA) is 18.5 Å². The average molecular weight is 197 g/mol. The van der Waals surface area contributed by atoms with Crippen LogP contribution in [0.15, 0.2) is 0 Å². The fourth-order valence-electron chi connectivity index (χ4n) is 2.15. The van der Waals surface area contributed by atoms with Gasteiger partial charge >= 0.3 is 0 Å². The lowest BCUT2D eigenvalue weighted by Gasteiger charge is -2.34. The van der Waals surface area contributed by atoms with E-state index >= 15 is 0 Å². The molecule has 1 aliphatic heterocycles. The van der Waals surface area contributed by atoms with Crippen molar-refractivity contribution in [2.24, 2.45) is 5.92 Å². The summed E-state index contributed by atoms with van der Waals surface area (Å²) in [4.78, 5) is 2.39. The van der Waals surface area contributed by atoms with E-state index in [9.17, 15) is 0 Å². The third kappa shape index (κ3) is 3.23. The minimum absolute atomic E-state index is 0.672. The Bertz CT molecular complexity index is 171. The molecule has 0 aromatic heterocycles. The minimum atomic E-state index is 0.672. The highest BCUT2D eigenvalue weighted by atomic mass is 15.5. The van der Waals surface area contributed by atoms with Crippen LogP contribution >= 0.6 is 0 Å². The summed E-state index contributed by atoms with van der Waals surface area (Å²) >= 11 is 0. The lowest BCUT2D eigenvalue weighted by Crippen LogP contribution is -2.53. The van der Waals surface area contributed by atoms with E-state index < -0.39 is 0 Å². The first-order valence-corrected chi connectivity index (χ1v) is 5.93. The molecule has 2 aliphatic rings. The van der Waals surface area contributed by atoms with Gasteiger partial charge in [-0.25, -0.2) is 5.01 Å². The van der Waals surface area contributed by atoms with Crippen LogP contribution in [0.2, 0.25) is 0 Å². The molecule has 1 saturated heterocycles. The maximum absolute atomic E-state index is 3.62. The molecule has 1 unspecified atom stereocenters. The molecule has 3 heteroatoms. The van der Waals surface area contributed by atoms with Crippen molar-refractivity contribution in [2.75, 3.05) is 33.2 Å². The van der Waals surface area contributed by atoms with Crippen molar-refractivity contribution >= 4 is 0 Å². The van der Waals surface area contributed by atoms with Crippen molar-refractivity contribution in [3.05, 3.63) is 0 Å². The molecule has 0 bridgehead atoms. The zero-order chi connectivity index (χ0) is 9.97. The monoisotopic (exact) mass is 197 g/mol. The molecule has 1 aliphatic carbocycles. The van der Waals surface area contributed by atoms with Gasteiger partial charge in [0.2, 0.25) is 0 Å². The molecular formula is C11H23N3. The molecule has 2 rings (SSSR count). The molecule has 1 atom stereocenters. The maximum atomic E-state index is 3.62. The molecule has 14 heavy (non-hydrogen) atoms. The van der Waals surface area contributed by atoms with Crippen LogP contribution in [0.3, 0.4) is 0 Å². The van der Waals surface area contributed by atoms with E-state index in [-0.39, 0.29) is 0 Å². The predicted octanol–water partition coefficient (Wildman–Crippen LogP) is 0.927. The third-order valence-electron chi connectivity index (χ3n) is 3.29. The molecule has 1 N–H and O–H groups in total. The highest BCUT2D eigenvalue weighted by Crippen LogP contribution is 2.33. The zero-order valence-corrected chi connectivity index (χ0v) is 9.50. The predicted molar refractivity (Wildman–Crippen MR) is 59.0 cm³/mol. The Labute approximate surface area is 87.4 Å². The molecule has 1 saturated carbocycles. The van der Waals surface area contributed by atoms with Crippen LogP contribution in [-0.4, -0.2) is 49.2 Å². The van der Waals surface area contributed by atoms with Gasteiger partial charge in [0.1, 0.15) is 0 Å². The number of likely N-dealkylation sites (N-methyl/N-ethyl adjacent to an activating group) is 1. The fraction of sp³-hybridized carbons (Fsp3) is 1.00. The maximum Gasteiger partial charge on any atom is 0.0259 e. The summed E-state index contributed by atoms with van der Waals surface area (Å²) in [5, 5.41) is 2.40. The second-order valence-corrected chi connectivity index (χ2v) is 5.00. The molecule has 82 valence electrons. The Morgan fingerprint density at radius 2 is 1.86 bits per heavy atom. The Kier molecular flexibility index (Phi) is 3.42. The van der Waals surface area contributed by atoms with Crippen molar-refractivity contribution in [3.63, 3.8) is 0 Å². The summed E-state index contributed by atoms with van der Waals surface area (Å²) in [5.41, 5.74) is 3.62. The number of nitrogens with one attached hydrogen (secondary N) is 1. The van der Waals surface area contributed by atoms with Crippen LogP contribution in [0.1, 0.15) is 26.2 Å². The van der Waals surface area contributed by atoms with E-state index in [1.54, 1.807) is 0 Å². The van der Waals surface area contributed by atoms with Gasteiger partial charge in [-0.05, 0) is 26.3 Å². The number of nitrogens with zero attached hydrogens (tertiary/aromatic N) is 2. The number of hydrazine groups is 1. The van der Waals surface area contributed by atoms with Gasteiger partial charge in [-0.1, -0.05) is 12.8 Å². The summed E-state index contributed by atoms with van der Waals surface area (Å²) in [6.07, 6.45) is 4.30. The van der Waals surface area contributed by atoms with Gasteiger partial charge in [0.15, 0.2) is 0 Å². The smallest absolute Gasteiger partial charge is 0.0259 e. The largest absolute Gasteiger partial charge is 0.304 e. The lowest BCUT2D eigenvalue weighted by atomic mass is 10.2. The Morgan fingerprint density at radius 1 is 1.21 bits per heavy atom. The van der Waals surface area contributed by atoms with Crippen molar-refractivity contribution in [3.8, 4) is 0 Å². The number of hydrogen-bond acceptors (Lipinski definition) is 3. The summed E-state index contributed by atoms with van der Waals surface area (Å²) in [6.45, 7) is 7.06. The van der Waals surface area contributed by atoms with E-state index in [1.165, 1.54) is 45.4 Å². The third-order valence-corrected chi connectivity index (χ3v) is 3.29. The van der Waals surface area contributed by atoms with E-state index in [4.69, 9.17) is 0 Å². The van der Waals surface area contributed by atoms with Gasteiger partial charge in [-0.15, -0.1) is 0 Å². The van der Waals surface area contributed by atoms with Gasteiger partial charge in [-0.3, -0.25) is 5.43 Å². The molecule has 1 heterocycles. The molecule has 3 nitrogen and oxygen atoms in total. The van der Waals surface area contributed by atoms with Crippen LogP contribution in [0.25, 0.3) is 0 Å². The fourth-order valence-corrected chi connectivity index (χ4v) is 2.15. The first kappa shape index (κ1) is 10.4. The molecule has 2 fully saturated rings. The molecule has 0 aromatic carbocycles. The van der Waals surface area contributed by atoms with Crippen LogP contribution < -0.4 is 5.43 Å². The molecule has 0 amide bonds. The van der Waals surface area contributed by atoms with Gasteiger partial charge in [0.05, 0.1) is 0 Å². The molecule has 0 aromatic rings. The van der Waals surface area contributed by atoms with Crippen LogP contribution in [0, 0.1) is 5.92 Å². The molecule has 0 spiro atoms. The SMILES string of the molecule is CC(CC1CC1)NN1CCN(C)CC1. The van der Waals surface area contributed by atoms with E-state index in [0.29, 0.717) is 6.04 Å². The summed E-state index contributed by atoms with van der Waals surface area (Å²) in [6, 6.07) is 0.672. The highest BCUT2D eigenvalue weighted by Gasteiger charge is 2.24. The van der Waals surface area contributed by atoms with Gasteiger partial charge in [0, 0.05) is 32.2 Å². The van der Waals surface area contributed by atoms with Crippen molar-refractivity contribution < 1.29 is 0 Å². The average Bonchev–Trinajstić information content (AvgIpc) is 2.93. The van der Waals surface area contributed by atoms with E-state index in [1.807, 2.05) is 0 Å². The Balaban J connectivity index is 1.63. The minimum Gasteiger partial charge on any atom is -0.304 e. The number of rotatable bonds is 4. The first-order valence-electron chi connectivity index (χ1n) is 5.93. The quantitative estimate of drug-likeness (QED) is 0.723. The molecule has 0 radical (unpaired) electrons. The van der Waals surface area contributed by atoms with Gasteiger partial charge < -0.3 is 4.90 Å². The van der Waals surface area contributed by atoms with Gasteiger partial charge in [-0.2, -0.15) is 0 Å². The number of piperazine rings is 1. The van der Waals surface area contributed by atoms with Crippen molar-refractivity contribution in [1.29, 1.82) is 0 Å². The zero-order valence-electron chi connectivity index (χ0n) is 9.50. The van der Waals surface area contributed by atoms with Gasteiger partial charge in [0.25, 0.3) is 0 Å². The second kappa shape index (κ2) is 4.60. The second-order valence-electron chi connectivity index (χ2n) is 5.00. The molecular weight excluding hydrogens is 174 g/mol. The summed E-state index contributed by atoms with van der Waals surface area (Å²) < 4.78 is 0. The highest BCUT2D eigenvalue weighted by molar-refractivity contribution is 4.78. The summed E-state index contributed by atoms with van der Waals surface area (Å²) in [5.74, 6) is 1.03. The number of hydrogen-bond donors (Lipinski definition) is 1. The normalized spacial score (nSPS) is 27.9. The van der Waals surface area contributed by atoms with Crippen molar-refractivity contribution in [2.45, 2.75) is 32.2 Å². The summed E-state index contributed by atoms with van der Waals surface area (Å²) in [7, 11) is 2.20. The lowest BCUT2D eigenvalue weighted by molar-refractivity contribution is 0.0872.